The van der Waals surface area contributed by atoms with Gasteiger partial charge in [0.25, 0.3) is 0 Å². The summed E-state index contributed by atoms with van der Waals surface area (Å²) in [6, 6.07) is 1.29. The summed E-state index contributed by atoms with van der Waals surface area (Å²) in [7, 11) is -10.5. The van der Waals surface area contributed by atoms with Gasteiger partial charge in [0.2, 0.25) is 0 Å². The van der Waals surface area contributed by atoms with Crippen LogP contribution >= 0.6 is 15.6 Å². The second-order valence-electron chi connectivity index (χ2n) is 22.3. The van der Waals surface area contributed by atoms with Gasteiger partial charge in [0.15, 0.2) is 6.23 Å². The molecule has 2 unspecified atom stereocenters. The van der Waals surface area contributed by atoms with Gasteiger partial charge in [-0.3, -0.25) is 13.6 Å². The third kappa shape index (κ3) is 29.6. The number of phosphoric ester groups is 2. The monoisotopic (exact) mass is 1040 g/mol. The highest BCUT2D eigenvalue weighted by Gasteiger charge is 2.46. The van der Waals surface area contributed by atoms with Gasteiger partial charge >= 0.3 is 21.3 Å². The summed E-state index contributed by atoms with van der Waals surface area (Å²) in [5.74, 6) is 5.34. The molecule has 1 aliphatic heterocycles. The zero-order chi connectivity index (χ0) is 52.3. The molecule has 0 aliphatic carbocycles. The van der Waals surface area contributed by atoms with Crippen molar-refractivity contribution in [1.82, 2.24) is 9.55 Å². The summed E-state index contributed by atoms with van der Waals surface area (Å²) in [4.78, 5) is 36.8. The highest BCUT2D eigenvalue weighted by molar-refractivity contribution is 7.61. The Hall–Kier alpha value is -1.26. The smallest absolute Gasteiger partial charge is 0.387 e. The number of hydrogen-bond donors (Lipinski definition) is 5. The zero-order valence-corrected chi connectivity index (χ0v) is 47.0. The number of nitrogen functional groups attached to an aromatic ring is 1. The van der Waals surface area contributed by atoms with Gasteiger partial charge in [-0.1, -0.05) is 185 Å². The van der Waals surface area contributed by atoms with Crippen LogP contribution in [-0.4, -0.2) is 87.0 Å². The van der Waals surface area contributed by atoms with Crippen molar-refractivity contribution in [3.8, 4) is 0 Å². The van der Waals surface area contributed by atoms with E-state index in [1.165, 1.54) is 109 Å². The molecular formula is C52H101N3O13P2. The van der Waals surface area contributed by atoms with Gasteiger partial charge in [-0.2, -0.15) is 9.29 Å². The molecule has 6 N–H and O–H groups in total. The number of aliphatic hydroxyl groups is 2. The molecule has 1 aromatic rings. The Bertz CT molecular complexity index is 1670. The third-order valence-electron chi connectivity index (χ3n) is 14.0. The third-order valence-corrected chi connectivity index (χ3v) is 16.7. The lowest BCUT2D eigenvalue weighted by atomic mass is 9.91. The highest BCUT2D eigenvalue weighted by atomic mass is 31.3. The first-order valence-electron chi connectivity index (χ1n) is 27.2. The Morgan fingerprint density at radius 3 is 1.47 bits per heavy atom. The van der Waals surface area contributed by atoms with Crippen LogP contribution < -0.4 is 11.4 Å². The average molecular weight is 1040 g/mol. The van der Waals surface area contributed by atoms with Crippen LogP contribution in [0.4, 0.5) is 5.82 Å². The van der Waals surface area contributed by atoms with Crippen molar-refractivity contribution in [3.63, 3.8) is 0 Å². The van der Waals surface area contributed by atoms with E-state index in [1.807, 2.05) is 0 Å². The fourth-order valence-electron chi connectivity index (χ4n) is 9.19. The minimum absolute atomic E-state index is 0.0678. The second-order valence-corrected chi connectivity index (χ2v) is 25.4. The van der Waals surface area contributed by atoms with Crippen LogP contribution in [-0.2, 0) is 36.7 Å². The number of rotatable bonds is 42. The summed E-state index contributed by atoms with van der Waals surface area (Å²) < 4.78 is 59.1. The van der Waals surface area contributed by atoms with E-state index < -0.39 is 65.2 Å². The van der Waals surface area contributed by atoms with Crippen molar-refractivity contribution in [1.29, 1.82) is 0 Å². The molecule has 13 atom stereocenters. The molecule has 1 aliphatic rings. The van der Waals surface area contributed by atoms with Crippen LogP contribution in [0.1, 0.15) is 204 Å². The van der Waals surface area contributed by atoms with E-state index in [4.69, 9.17) is 29.0 Å². The van der Waals surface area contributed by atoms with Crippen LogP contribution in [0.3, 0.4) is 0 Å². The number of aromatic nitrogens is 2. The molecule has 0 radical (unpaired) electrons. The Morgan fingerprint density at radius 1 is 0.614 bits per heavy atom. The SMILES string of the molecule is CC(C)CCC[C@@H](C)CCC[C@@H](C)CCC[C@@H](C)CCOC[C@@H](COP(=O)(O)OP(=O)(O)OC[C@H]1O[C@@H](n2ccc(N)nc2=O)[C@H](O)[C@@H]1O)OCC[C@H](C)CCC[C@H](C)CCC[C@H](C)CCCC(C)C. The largest absolute Gasteiger partial charge is 0.481 e. The van der Waals surface area contributed by atoms with Gasteiger partial charge in [-0.25, -0.2) is 13.9 Å². The molecule has 0 bridgehead atoms. The summed E-state index contributed by atoms with van der Waals surface area (Å²) >= 11 is 0. The van der Waals surface area contributed by atoms with Crippen LogP contribution in [0.15, 0.2) is 17.1 Å². The maximum Gasteiger partial charge on any atom is 0.481 e. The predicted molar refractivity (Wildman–Crippen MR) is 279 cm³/mol. The second kappa shape index (κ2) is 35.1. The molecule has 18 heteroatoms. The molecule has 2 heterocycles. The van der Waals surface area contributed by atoms with E-state index in [2.05, 4.69) is 78.5 Å². The number of anilines is 1. The number of aliphatic hydroxyl groups excluding tert-OH is 2. The first-order chi connectivity index (χ1) is 33.0. The number of nitrogens with zero attached hydrogens (tertiary/aromatic N) is 2. The van der Waals surface area contributed by atoms with E-state index in [0.29, 0.717) is 36.9 Å². The van der Waals surface area contributed by atoms with E-state index in [9.17, 15) is 33.9 Å². The standard InChI is InChI=1S/C52H101N3O13P2/c1-38(2)17-11-19-40(5)21-13-23-42(7)25-15-27-44(9)30-33-63-35-46(64-34-31-45(10)28-16-26-43(8)24-14-22-41(6)20-12-18-39(3)4)36-65-69(59,60)68-70(61,62)66-37-47-49(56)50(57)51(67-47)55-32-29-48(53)54-52(55)58/h29,32,38-47,49-51,56-57H,11-28,30-31,33-37H2,1-10H3,(H,59,60)(H,61,62)(H2,53,54,58)/t40-,41-,42-,43-,44-,45-,46+,47-,49-,50-,51-/m1/s1. The molecule has 0 saturated carbocycles. The molecule has 16 nitrogen and oxygen atoms in total. The average Bonchev–Trinajstić information content (AvgIpc) is 3.54. The Labute approximate surface area is 423 Å². The van der Waals surface area contributed by atoms with E-state index in [0.717, 1.165) is 60.3 Å². The van der Waals surface area contributed by atoms with Crippen molar-refractivity contribution >= 4 is 21.5 Å². The maximum atomic E-state index is 13.0. The molecule has 2 rings (SSSR count). The minimum Gasteiger partial charge on any atom is -0.387 e. The van der Waals surface area contributed by atoms with Crippen LogP contribution in [0, 0.1) is 47.3 Å². The summed E-state index contributed by atoms with van der Waals surface area (Å²) in [6.07, 6.45) is 18.4. The van der Waals surface area contributed by atoms with Gasteiger partial charge in [0.05, 0.1) is 19.8 Å². The van der Waals surface area contributed by atoms with Gasteiger partial charge in [0.1, 0.15) is 30.2 Å². The van der Waals surface area contributed by atoms with Gasteiger partial charge in [-0.05, 0) is 66.3 Å². The Kier molecular flexibility index (Phi) is 32.5. The zero-order valence-electron chi connectivity index (χ0n) is 45.2. The molecule has 1 aromatic heterocycles. The molecule has 0 spiro atoms. The van der Waals surface area contributed by atoms with Crippen molar-refractivity contribution in [2.45, 2.75) is 228 Å². The quantitative estimate of drug-likeness (QED) is 0.0303. The molecule has 0 aromatic carbocycles. The van der Waals surface area contributed by atoms with Crippen molar-refractivity contribution in [2.75, 3.05) is 38.8 Å². The summed E-state index contributed by atoms with van der Waals surface area (Å²) in [6.45, 7) is 22.7. The van der Waals surface area contributed by atoms with Crippen LogP contribution in [0.2, 0.25) is 0 Å². The number of phosphoric acid groups is 2. The van der Waals surface area contributed by atoms with Crippen molar-refractivity contribution in [3.05, 3.63) is 22.7 Å². The fourth-order valence-corrected chi connectivity index (χ4v) is 11.3. The lowest BCUT2D eigenvalue weighted by molar-refractivity contribution is -0.0551. The highest BCUT2D eigenvalue weighted by Crippen LogP contribution is 2.60. The number of nitrogens with two attached hydrogens (primary N) is 1. The molecule has 412 valence electrons. The van der Waals surface area contributed by atoms with Gasteiger partial charge < -0.3 is 39.9 Å². The summed E-state index contributed by atoms with van der Waals surface area (Å²) in [5.41, 5.74) is 4.67. The minimum atomic E-state index is -5.30. The lowest BCUT2D eigenvalue weighted by Crippen LogP contribution is -2.36. The summed E-state index contributed by atoms with van der Waals surface area (Å²) in [5, 5.41) is 21.0. The maximum absolute atomic E-state index is 13.0. The molecule has 70 heavy (non-hydrogen) atoms. The van der Waals surface area contributed by atoms with Gasteiger partial charge in [-0.15, -0.1) is 0 Å². The Balaban J connectivity index is 1.85. The molecule has 0 amide bonds. The van der Waals surface area contributed by atoms with Crippen LogP contribution in [0.5, 0.6) is 0 Å². The van der Waals surface area contributed by atoms with E-state index >= 15 is 0 Å². The van der Waals surface area contributed by atoms with Crippen LogP contribution in [0.25, 0.3) is 0 Å². The van der Waals surface area contributed by atoms with Crippen molar-refractivity contribution in [2.24, 2.45) is 47.3 Å². The van der Waals surface area contributed by atoms with Crippen molar-refractivity contribution < 1.29 is 56.7 Å². The topological polar surface area (TPSA) is 231 Å². The molecule has 1 saturated heterocycles. The first kappa shape index (κ1) is 64.9. The normalized spacial score (nSPS) is 22.4. The first-order valence-corrected chi connectivity index (χ1v) is 30.2. The van der Waals surface area contributed by atoms with E-state index in [1.54, 1.807) is 0 Å². The van der Waals surface area contributed by atoms with E-state index in [-0.39, 0.29) is 12.4 Å². The number of ether oxygens (including phenoxy) is 3. The number of hydrogen-bond acceptors (Lipinski definition) is 13. The fraction of sp³-hybridized carbons (Fsp3) is 0.923. The lowest BCUT2D eigenvalue weighted by Gasteiger charge is -2.22. The molecule has 1 fully saturated rings. The predicted octanol–water partition coefficient (Wildman–Crippen LogP) is 12.0. The Morgan fingerprint density at radius 2 is 1.03 bits per heavy atom. The van der Waals surface area contributed by atoms with Gasteiger partial charge in [0, 0.05) is 19.4 Å². The molecular weight excluding hydrogens is 937 g/mol.